The van der Waals surface area contributed by atoms with Crippen molar-refractivity contribution in [2.24, 2.45) is 17.8 Å². The van der Waals surface area contributed by atoms with Gasteiger partial charge in [-0.05, 0) is 43.4 Å². The number of rotatable bonds is 74. The summed E-state index contributed by atoms with van der Waals surface area (Å²) in [6.07, 6.45) is 53.1. The number of hydrogen-bond donors (Lipinski definition) is 3. The maximum Gasteiger partial charge on any atom is 0.472 e. The first kappa shape index (κ1) is 93.1. The van der Waals surface area contributed by atoms with Gasteiger partial charge in [0.05, 0.1) is 26.4 Å². The van der Waals surface area contributed by atoms with Crippen molar-refractivity contribution in [1.29, 1.82) is 0 Å². The molecule has 3 N–H and O–H groups in total. The van der Waals surface area contributed by atoms with Crippen molar-refractivity contribution >= 4 is 39.5 Å². The highest BCUT2D eigenvalue weighted by molar-refractivity contribution is 7.47. The van der Waals surface area contributed by atoms with Crippen LogP contribution in [0.3, 0.4) is 0 Å². The predicted molar refractivity (Wildman–Crippen MR) is 386 cm³/mol. The van der Waals surface area contributed by atoms with Gasteiger partial charge in [-0.1, -0.05) is 337 Å². The quantitative estimate of drug-likeness (QED) is 0.0222. The lowest BCUT2D eigenvalue weighted by Crippen LogP contribution is -2.30. The number of aliphatic hydroxyl groups excluding tert-OH is 1. The topological polar surface area (TPSA) is 237 Å². The summed E-state index contributed by atoms with van der Waals surface area (Å²) in [5.74, 6) is 0.0845. The summed E-state index contributed by atoms with van der Waals surface area (Å²) in [4.78, 5) is 72.7. The zero-order valence-electron chi connectivity index (χ0n) is 62.1. The van der Waals surface area contributed by atoms with Crippen LogP contribution in [-0.2, 0) is 65.4 Å². The minimum absolute atomic E-state index is 0.102. The van der Waals surface area contributed by atoms with Crippen molar-refractivity contribution in [3.63, 3.8) is 0 Å². The Morgan fingerprint density at radius 1 is 0.305 bits per heavy atom. The summed E-state index contributed by atoms with van der Waals surface area (Å²) in [7, 11) is -9.91. The average molecular weight is 1400 g/mol. The van der Waals surface area contributed by atoms with Gasteiger partial charge < -0.3 is 33.8 Å². The van der Waals surface area contributed by atoms with E-state index < -0.39 is 97.5 Å². The summed E-state index contributed by atoms with van der Waals surface area (Å²) >= 11 is 0. The summed E-state index contributed by atoms with van der Waals surface area (Å²) in [6, 6.07) is 0. The van der Waals surface area contributed by atoms with Crippen molar-refractivity contribution in [1.82, 2.24) is 0 Å². The van der Waals surface area contributed by atoms with Gasteiger partial charge in [-0.3, -0.25) is 37.3 Å². The molecule has 0 saturated carbocycles. The van der Waals surface area contributed by atoms with Crippen molar-refractivity contribution in [3.05, 3.63) is 0 Å². The van der Waals surface area contributed by atoms with Gasteiger partial charge >= 0.3 is 39.5 Å². The molecule has 0 aromatic rings. The molecule has 0 aliphatic carbocycles. The van der Waals surface area contributed by atoms with Crippen molar-refractivity contribution in [2.45, 2.75) is 407 Å². The summed E-state index contributed by atoms with van der Waals surface area (Å²) < 4.78 is 68.4. The highest BCUT2D eigenvalue weighted by atomic mass is 31.2. The maximum atomic E-state index is 13.1. The van der Waals surface area contributed by atoms with Gasteiger partial charge in [0.15, 0.2) is 12.2 Å². The van der Waals surface area contributed by atoms with E-state index in [0.717, 1.165) is 114 Å². The number of aliphatic hydroxyl groups is 1. The molecule has 17 nitrogen and oxygen atoms in total. The first-order valence-corrected chi connectivity index (χ1v) is 42.4. The van der Waals surface area contributed by atoms with E-state index in [0.29, 0.717) is 25.7 Å². The smallest absolute Gasteiger partial charge is 0.462 e. The molecule has 0 aromatic carbocycles. The summed E-state index contributed by atoms with van der Waals surface area (Å²) in [5.41, 5.74) is 0. The number of esters is 4. The Labute approximate surface area is 581 Å². The van der Waals surface area contributed by atoms with Crippen LogP contribution in [0.2, 0.25) is 0 Å². The van der Waals surface area contributed by atoms with Crippen LogP contribution in [0.25, 0.3) is 0 Å². The monoisotopic (exact) mass is 1400 g/mol. The molecule has 0 aliphatic rings. The van der Waals surface area contributed by atoms with E-state index in [4.69, 9.17) is 37.0 Å². The fourth-order valence-corrected chi connectivity index (χ4v) is 13.1. The minimum Gasteiger partial charge on any atom is -0.462 e. The fraction of sp³-hybridized carbons (Fsp3) is 0.947. The predicted octanol–water partition coefficient (Wildman–Crippen LogP) is 22.2. The molecule has 95 heavy (non-hydrogen) atoms. The van der Waals surface area contributed by atoms with E-state index in [2.05, 4.69) is 48.5 Å². The van der Waals surface area contributed by atoms with Gasteiger partial charge in [-0.25, -0.2) is 9.13 Å². The zero-order valence-corrected chi connectivity index (χ0v) is 63.9. The highest BCUT2D eigenvalue weighted by Crippen LogP contribution is 2.45. The molecule has 0 fully saturated rings. The molecule has 19 heteroatoms. The van der Waals surface area contributed by atoms with Gasteiger partial charge in [0.2, 0.25) is 0 Å². The van der Waals surface area contributed by atoms with Gasteiger partial charge in [0, 0.05) is 25.7 Å². The van der Waals surface area contributed by atoms with Gasteiger partial charge in [-0.2, -0.15) is 0 Å². The normalized spacial score (nSPS) is 14.6. The first-order valence-electron chi connectivity index (χ1n) is 39.4. The largest absolute Gasteiger partial charge is 0.472 e. The minimum atomic E-state index is -4.96. The Bertz CT molecular complexity index is 1860. The molecule has 4 unspecified atom stereocenters. The van der Waals surface area contributed by atoms with E-state index in [1.807, 2.05) is 0 Å². The molecule has 564 valence electrons. The van der Waals surface area contributed by atoms with Crippen molar-refractivity contribution < 1.29 is 80.2 Å². The van der Waals surface area contributed by atoms with E-state index in [9.17, 15) is 43.2 Å². The average Bonchev–Trinajstić information content (AvgIpc) is 1.71. The summed E-state index contributed by atoms with van der Waals surface area (Å²) in [6.45, 7) is 11.8. The first-order chi connectivity index (χ1) is 45.8. The number of carbonyl (C=O) groups excluding carboxylic acids is 4. The van der Waals surface area contributed by atoms with E-state index in [1.54, 1.807) is 0 Å². The van der Waals surface area contributed by atoms with Crippen LogP contribution in [-0.4, -0.2) is 96.7 Å². The number of phosphoric ester groups is 2. The second-order valence-electron chi connectivity index (χ2n) is 28.4. The van der Waals surface area contributed by atoms with Crippen LogP contribution in [0.5, 0.6) is 0 Å². The molecule has 0 aliphatic heterocycles. The Kier molecular flexibility index (Phi) is 65.2. The zero-order chi connectivity index (χ0) is 70.1. The van der Waals surface area contributed by atoms with Crippen LogP contribution in [0, 0.1) is 17.8 Å². The Hall–Kier alpha value is -1.94. The second-order valence-corrected chi connectivity index (χ2v) is 31.3. The Balaban J connectivity index is 5.18. The van der Waals surface area contributed by atoms with Crippen LogP contribution in [0.15, 0.2) is 0 Å². The fourth-order valence-electron chi connectivity index (χ4n) is 11.5. The van der Waals surface area contributed by atoms with E-state index in [1.165, 1.54) is 193 Å². The molecular formula is C76H148O17P2. The van der Waals surface area contributed by atoms with Crippen molar-refractivity contribution in [2.75, 3.05) is 39.6 Å². The van der Waals surface area contributed by atoms with Crippen molar-refractivity contribution in [3.8, 4) is 0 Å². The van der Waals surface area contributed by atoms with Crippen LogP contribution >= 0.6 is 15.6 Å². The third kappa shape index (κ3) is 67.6. The second kappa shape index (κ2) is 66.6. The molecule has 0 heterocycles. The van der Waals surface area contributed by atoms with Gasteiger partial charge in [0.1, 0.15) is 19.3 Å². The van der Waals surface area contributed by atoms with E-state index >= 15 is 0 Å². The molecule has 0 rings (SSSR count). The number of carbonyl (C=O) groups is 4. The number of phosphoric acid groups is 2. The lowest BCUT2D eigenvalue weighted by molar-refractivity contribution is -0.161. The third-order valence-corrected chi connectivity index (χ3v) is 20.3. The molecule has 0 aromatic heterocycles. The molecule has 0 spiro atoms. The number of hydrogen-bond acceptors (Lipinski definition) is 15. The van der Waals surface area contributed by atoms with Gasteiger partial charge in [0.25, 0.3) is 0 Å². The third-order valence-electron chi connectivity index (χ3n) is 18.4. The van der Waals surface area contributed by atoms with E-state index in [-0.39, 0.29) is 25.7 Å². The standard InChI is InChI=1S/C76H148O17P2/c1-8-11-12-13-14-15-16-17-18-19-20-21-22-23-24-25-26-27-32-35-45-52-59-75(80)92-71(63-86-73(78)57-50-43-34-31-29-28-30-33-40-47-54-67(4)5)65-90-94(82,83)88-61-70(77)62-89-95(84,85)91-66-72(93-76(81)60-53-46-39-37-42-49-56-69(7)10-3)64-87-74(79)58-51-44-38-36-41-48-55-68(6)9-2/h67-72,77H,8-66H2,1-7H3,(H,82,83)(H,84,85)/t68?,69?,70-,71-,72-/m1/s1. The van der Waals surface area contributed by atoms with Crippen LogP contribution in [0.4, 0.5) is 0 Å². The molecule has 0 amide bonds. The highest BCUT2D eigenvalue weighted by Gasteiger charge is 2.30. The molecule has 0 saturated heterocycles. The van der Waals surface area contributed by atoms with Crippen LogP contribution < -0.4 is 0 Å². The molecule has 0 radical (unpaired) electrons. The number of unbranched alkanes of at least 4 members (excludes halogenated alkanes) is 40. The SMILES string of the molecule is CCCCCCCCCCCCCCCCCCCCCCCCC(=O)O[C@H](COC(=O)CCCCCCCCCCCCC(C)C)COP(=O)(O)OC[C@@H](O)COP(=O)(O)OC[C@@H](COC(=O)CCCCCCCCC(C)CC)OC(=O)CCCCCCCCC(C)CC. The molecule has 0 bridgehead atoms. The molecular weight excluding hydrogens is 1250 g/mol. The Morgan fingerprint density at radius 2 is 0.537 bits per heavy atom. The Morgan fingerprint density at radius 3 is 0.800 bits per heavy atom. The lowest BCUT2D eigenvalue weighted by atomic mass is 10.00. The lowest BCUT2D eigenvalue weighted by Gasteiger charge is -2.21. The van der Waals surface area contributed by atoms with Gasteiger partial charge in [-0.15, -0.1) is 0 Å². The summed E-state index contributed by atoms with van der Waals surface area (Å²) in [5, 5.41) is 10.6. The molecule has 7 atom stereocenters. The van der Waals surface area contributed by atoms with Crippen LogP contribution in [0.1, 0.15) is 389 Å². The maximum absolute atomic E-state index is 13.1. The number of ether oxygens (including phenoxy) is 4.